The van der Waals surface area contributed by atoms with E-state index in [2.05, 4.69) is 4.74 Å². The molecule has 0 radical (unpaired) electrons. The molecule has 0 atom stereocenters. The van der Waals surface area contributed by atoms with Gasteiger partial charge in [0.25, 0.3) is 0 Å². The fraction of sp³-hybridized carbons (Fsp3) is 0.300. The first-order valence-corrected chi connectivity index (χ1v) is 5.14. The number of carbonyl (C=O) groups is 1. The quantitative estimate of drug-likeness (QED) is 0.648. The summed E-state index contributed by atoms with van der Waals surface area (Å²) in [5, 5.41) is 8.46. The van der Waals surface area contributed by atoms with Crippen molar-refractivity contribution in [2.75, 3.05) is 12.3 Å². The fourth-order valence-electron chi connectivity index (χ4n) is 1.15. The molecule has 9 heteroatoms. The normalized spacial score (nSPS) is 11.7. The van der Waals surface area contributed by atoms with E-state index in [4.69, 9.17) is 22.4 Å². The van der Waals surface area contributed by atoms with E-state index in [1.807, 2.05) is 0 Å². The van der Waals surface area contributed by atoms with Crippen molar-refractivity contribution in [2.45, 2.75) is 12.3 Å². The first-order valence-electron chi connectivity index (χ1n) is 4.76. The van der Waals surface area contributed by atoms with Crippen LogP contribution in [0.1, 0.15) is 10.4 Å². The summed E-state index contributed by atoms with van der Waals surface area (Å²) < 4.78 is 53.7. The van der Waals surface area contributed by atoms with Gasteiger partial charge in [0, 0.05) is 5.69 Å². The Kier molecular flexibility index (Phi) is 4.46. The van der Waals surface area contributed by atoms with Crippen molar-refractivity contribution < 1.29 is 32.2 Å². The third-order valence-electron chi connectivity index (χ3n) is 2.02. The highest BCUT2D eigenvalue weighted by Gasteiger charge is 2.42. The van der Waals surface area contributed by atoms with Crippen LogP contribution in [0.4, 0.5) is 23.2 Å². The molecule has 0 unspecified atom stereocenters. The number of hydrogen-bond acceptors (Lipinski definition) is 3. The summed E-state index contributed by atoms with van der Waals surface area (Å²) in [6.07, 6.45) is -3.94. The zero-order chi connectivity index (χ0) is 14.8. The Morgan fingerprint density at radius 2 is 2.05 bits per heavy atom. The molecule has 1 aromatic rings. The maximum absolute atomic E-state index is 12.7. The van der Waals surface area contributed by atoms with Crippen LogP contribution in [-0.4, -0.2) is 30.0 Å². The van der Waals surface area contributed by atoms with Crippen molar-refractivity contribution in [3.05, 3.63) is 22.7 Å². The molecule has 0 saturated heterocycles. The lowest BCUT2D eigenvalue weighted by Gasteiger charge is -2.17. The zero-order valence-corrected chi connectivity index (χ0v) is 9.93. The molecular weight excluding hydrogens is 294 g/mol. The lowest BCUT2D eigenvalue weighted by Crippen LogP contribution is -2.34. The Morgan fingerprint density at radius 1 is 1.47 bits per heavy atom. The monoisotopic (exact) mass is 301 g/mol. The summed E-state index contributed by atoms with van der Waals surface area (Å²) in [5.74, 6) is -6.59. The molecule has 3 N–H and O–H groups in total. The smallest absolute Gasteiger partial charge is 0.340 e. The van der Waals surface area contributed by atoms with Crippen LogP contribution < -0.4 is 10.5 Å². The summed E-state index contributed by atoms with van der Waals surface area (Å²) >= 11 is 5.59. The predicted octanol–water partition coefficient (Wildman–Crippen LogP) is 2.90. The molecule has 106 valence electrons. The molecule has 0 fully saturated rings. The number of halogens is 5. The zero-order valence-electron chi connectivity index (χ0n) is 9.17. The number of ether oxygens (including phenoxy) is 1. The van der Waals surface area contributed by atoms with Crippen LogP contribution >= 0.6 is 11.6 Å². The van der Waals surface area contributed by atoms with Crippen LogP contribution in [0.25, 0.3) is 0 Å². The molecule has 0 aliphatic carbocycles. The predicted molar refractivity (Wildman–Crippen MR) is 59.3 cm³/mol. The molecule has 0 saturated carbocycles. The summed E-state index contributed by atoms with van der Waals surface area (Å²) in [4.78, 5) is 10.9. The van der Waals surface area contributed by atoms with Crippen LogP contribution in [0, 0.1) is 0 Å². The van der Waals surface area contributed by atoms with Gasteiger partial charge in [-0.2, -0.15) is 8.78 Å². The van der Waals surface area contributed by atoms with Gasteiger partial charge >= 0.3 is 18.3 Å². The average molecular weight is 302 g/mol. The molecule has 0 bridgehead atoms. The number of benzene rings is 1. The van der Waals surface area contributed by atoms with Gasteiger partial charge in [0.05, 0.1) is 5.02 Å². The van der Waals surface area contributed by atoms with Gasteiger partial charge in [0.1, 0.15) is 5.56 Å². The largest absolute Gasteiger partial charge is 0.485 e. The van der Waals surface area contributed by atoms with Gasteiger partial charge in [-0.1, -0.05) is 11.6 Å². The molecule has 0 spiro atoms. The van der Waals surface area contributed by atoms with Crippen LogP contribution in [-0.2, 0) is 0 Å². The van der Waals surface area contributed by atoms with Crippen molar-refractivity contribution in [3.63, 3.8) is 0 Å². The van der Waals surface area contributed by atoms with E-state index in [1.54, 1.807) is 0 Å². The van der Waals surface area contributed by atoms with E-state index in [9.17, 15) is 22.4 Å². The molecule has 19 heavy (non-hydrogen) atoms. The number of alkyl halides is 4. The SMILES string of the molecule is Nc1cc(Cl)c(OCC(F)(F)C(F)F)c(C(=O)O)c1. The van der Waals surface area contributed by atoms with E-state index >= 15 is 0 Å². The third kappa shape index (κ3) is 3.63. The molecule has 1 rings (SSSR count). The van der Waals surface area contributed by atoms with Gasteiger partial charge in [-0.15, -0.1) is 0 Å². The van der Waals surface area contributed by atoms with E-state index < -0.39 is 36.2 Å². The van der Waals surface area contributed by atoms with Crippen LogP contribution in [0.5, 0.6) is 5.75 Å². The fourth-order valence-corrected chi connectivity index (χ4v) is 1.43. The molecule has 4 nitrogen and oxygen atoms in total. The molecule has 0 aliphatic heterocycles. The standard InChI is InChI=1S/C10H8ClF4NO3/c11-6-2-4(16)1-5(8(17)18)7(6)19-3-10(14,15)9(12)13/h1-2,9H,3,16H2,(H,17,18). The van der Waals surface area contributed by atoms with Gasteiger partial charge < -0.3 is 15.6 Å². The van der Waals surface area contributed by atoms with E-state index in [0.29, 0.717) is 0 Å². The number of rotatable bonds is 5. The van der Waals surface area contributed by atoms with Crippen LogP contribution in [0.2, 0.25) is 5.02 Å². The Bertz CT molecular complexity index is 496. The maximum atomic E-state index is 12.7. The average Bonchev–Trinajstić information content (AvgIpc) is 2.26. The van der Waals surface area contributed by atoms with Gasteiger partial charge in [-0.05, 0) is 12.1 Å². The number of anilines is 1. The van der Waals surface area contributed by atoms with Crippen molar-refractivity contribution >= 4 is 23.3 Å². The maximum Gasteiger partial charge on any atom is 0.340 e. The highest BCUT2D eigenvalue weighted by Crippen LogP contribution is 2.33. The molecule has 0 heterocycles. The number of nitrogen functional groups attached to an aromatic ring is 1. The molecule has 0 aliphatic rings. The minimum atomic E-state index is -4.42. The summed E-state index contributed by atoms with van der Waals surface area (Å²) in [7, 11) is 0. The number of carboxylic acids is 1. The van der Waals surface area contributed by atoms with Gasteiger partial charge in [-0.25, -0.2) is 13.6 Å². The summed E-state index contributed by atoms with van der Waals surface area (Å²) in [5.41, 5.74) is 4.70. The van der Waals surface area contributed by atoms with Gasteiger partial charge in [-0.3, -0.25) is 0 Å². The lowest BCUT2D eigenvalue weighted by molar-refractivity contribution is -0.148. The molecule has 1 aromatic carbocycles. The van der Waals surface area contributed by atoms with Crippen molar-refractivity contribution in [2.24, 2.45) is 0 Å². The van der Waals surface area contributed by atoms with E-state index in [-0.39, 0.29) is 10.7 Å². The Hall–Kier alpha value is -1.70. The molecular formula is C10H8ClF4NO3. The van der Waals surface area contributed by atoms with Gasteiger partial charge in [0.15, 0.2) is 12.4 Å². The number of carboxylic acid groups (broad SMARTS) is 1. The summed E-state index contributed by atoms with van der Waals surface area (Å²) in [6.45, 7) is -1.70. The van der Waals surface area contributed by atoms with E-state index in [0.717, 1.165) is 12.1 Å². The minimum Gasteiger partial charge on any atom is -0.485 e. The molecule has 0 aromatic heterocycles. The third-order valence-corrected chi connectivity index (χ3v) is 2.31. The van der Waals surface area contributed by atoms with Crippen LogP contribution in [0.3, 0.4) is 0 Å². The highest BCUT2D eigenvalue weighted by molar-refractivity contribution is 6.33. The minimum absolute atomic E-state index is 0.0321. The van der Waals surface area contributed by atoms with Crippen molar-refractivity contribution in [1.29, 1.82) is 0 Å². The van der Waals surface area contributed by atoms with Crippen LogP contribution in [0.15, 0.2) is 12.1 Å². The topological polar surface area (TPSA) is 72.5 Å². The number of hydrogen-bond donors (Lipinski definition) is 2. The Morgan fingerprint density at radius 3 is 2.53 bits per heavy atom. The first kappa shape index (κ1) is 15.4. The molecule has 0 amide bonds. The Labute approximate surface area is 109 Å². The van der Waals surface area contributed by atoms with E-state index in [1.165, 1.54) is 0 Å². The van der Waals surface area contributed by atoms with Crippen molar-refractivity contribution in [1.82, 2.24) is 0 Å². The lowest BCUT2D eigenvalue weighted by atomic mass is 10.2. The first-order chi connectivity index (χ1) is 8.65. The van der Waals surface area contributed by atoms with Crippen molar-refractivity contribution in [3.8, 4) is 5.75 Å². The Balaban J connectivity index is 3.04. The second-order valence-corrected chi connectivity index (χ2v) is 3.94. The highest BCUT2D eigenvalue weighted by atomic mass is 35.5. The summed E-state index contributed by atoms with van der Waals surface area (Å²) in [6, 6.07) is 1.98. The number of nitrogens with two attached hydrogens (primary N) is 1. The second-order valence-electron chi connectivity index (χ2n) is 3.53. The number of aromatic carboxylic acids is 1. The van der Waals surface area contributed by atoms with Gasteiger partial charge in [0.2, 0.25) is 0 Å². The second kappa shape index (κ2) is 5.52.